The first-order chi connectivity index (χ1) is 17.9. The van der Waals surface area contributed by atoms with Crippen molar-refractivity contribution in [3.8, 4) is 5.75 Å². The Balaban J connectivity index is 1.52. The third-order valence-corrected chi connectivity index (χ3v) is 7.33. The van der Waals surface area contributed by atoms with Gasteiger partial charge in [0.15, 0.2) is 0 Å². The number of hydrogen-bond acceptors (Lipinski definition) is 6. The minimum absolute atomic E-state index is 0.121. The van der Waals surface area contributed by atoms with Gasteiger partial charge in [-0.3, -0.25) is 14.3 Å². The second kappa shape index (κ2) is 11.9. The molecule has 1 aliphatic heterocycles. The van der Waals surface area contributed by atoms with E-state index < -0.39 is 15.9 Å². The number of nitrogens with one attached hydrogen (secondary N) is 2. The fraction of sp³-hybridized carbons (Fsp3) is 0.259. The number of sulfonamides is 1. The number of nitrogens with zero attached hydrogens (tertiary/aromatic N) is 1. The van der Waals surface area contributed by atoms with Crippen molar-refractivity contribution in [2.45, 2.75) is 11.3 Å². The molecule has 194 valence electrons. The third-order valence-electron chi connectivity index (χ3n) is 5.97. The number of para-hydroxylation sites is 1. The topological polar surface area (TPSA) is 114 Å². The van der Waals surface area contributed by atoms with Crippen LogP contribution in [0.4, 0.5) is 5.69 Å². The quantitative estimate of drug-likeness (QED) is 0.446. The maximum atomic E-state index is 13.3. The average Bonchev–Trinajstić information content (AvgIpc) is 2.93. The first kappa shape index (κ1) is 26.2. The van der Waals surface area contributed by atoms with Crippen LogP contribution in [0.2, 0.25) is 0 Å². The van der Waals surface area contributed by atoms with Crippen molar-refractivity contribution < 1.29 is 27.5 Å². The van der Waals surface area contributed by atoms with Gasteiger partial charge >= 0.3 is 0 Å². The zero-order valence-corrected chi connectivity index (χ0v) is 21.3. The molecule has 0 aromatic heterocycles. The van der Waals surface area contributed by atoms with Gasteiger partial charge in [0.1, 0.15) is 5.75 Å². The molecule has 0 unspecified atom stereocenters. The SMILES string of the molecule is COc1ccc(S(=O)(=O)Nc2ccccc2C(=O)NCCc2ccccc2)cc1C(=O)N1CCOCC1. The molecule has 3 aromatic carbocycles. The molecular formula is C27H29N3O6S. The molecule has 4 rings (SSSR count). The number of anilines is 1. The third kappa shape index (κ3) is 6.46. The Labute approximate surface area is 216 Å². The first-order valence-corrected chi connectivity index (χ1v) is 13.4. The monoisotopic (exact) mass is 523 g/mol. The summed E-state index contributed by atoms with van der Waals surface area (Å²) >= 11 is 0. The number of morpholine rings is 1. The maximum Gasteiger partial charge on any atom is 0.261 e. The summed E-state index contributed by atoms with van der Waals surface area (Å²) in [6.45, 7) is 2.04. The molecule has 3 aromatic rings. The van der Waals surface area contributed by atoms with E-state index in [1.165, 1.54) is 31.4 Å². The number of ether oxygens (including phenoxy) is 2. The van der Waals surface area contributed by atoms with Crippen molar-refractivity contribution >= 4 is 27.5 Å². The van der Waals surface area contributed by atoms with Crippen molar-refractivity contribution in [3.05, 3.63) is 89.5 Å². The fourth-order valence-electron chi connectivity index (χ4n) is 3.99. The van der Waals surface area contributed by atoms with E-state index in [0.717, 1.165) is 5.56 Å². The lowest BCUT2D eigenvalue weighted by atomic mass is 10.1. The van der Waals surface area contributed by atoms with Gasteiger partial charge in [-0.1, -0.05) is 42.5 Å². The lowest BCUT2D eigenvalue weighted by molar-refractivity contribution is 0.0300. The van der Waals surface area contributed by atoms with E-state index in [1.54, 1.807) is 23.1 Å². The second-order valence-electron chi connectivity index (χ2n) is 8.41. The standard InChI is InChI=1S/C27H29N3O6S/c1-35-25-12-11-21(19-23(25)27(32)30-15-17-36-18-16-30)37(33,34)29-24-10-6-5-9-22(24)26(31)28-14-13-20-7-3-2-4-8-20/h2-12,19,29H,13-18H2,1H3,(H,28,31). The summed E-state index contributed by atoms with van der Waals surface area (Å²) in [5, 5.41) is 2.84. The van der Waals surface area contributed by atoms with Crippen LogP contribution < -0.4 is 14.8 Å². The van der Waals surface area contributed by atoms with Crippen LogP contribution in [0.25, 0.3) is 0 Å². The predicted octanol–water partition coefficient (Wildman–Crippen LogP) is 2.94. The Morgan fingerprint density at radius 2 is 1.65 bits per heavy atom. The molecule has 0 aliphatic carbocycles. The highest BCUT2D eigenvalue weighted by Crippen LogP contribution is 2.27. The number of carbonyl (C=O) groups is 2. The van der Waals surface area contributed by atoms with Crippen LogP contribution in [0.5, 0.6) is 5.75 Å². The fourth-order valence-corrected chi connectivity index (χ4v) is 5.10. The summed E-state index contributed by atoms with van der Waals surface area (Å²) in [6, 6.07) is 20.2. The Morgan fingerprint density at radius 3 is 2.38 bits per heavy atom. The van der Waals surface area contributed by atoms with E-state index in [1.807, 2.05) is 30.3 Å². The summed E-state index contributed by atoms with van der Waals surface area (Å²) in [6.07, 6.45) is 0.645. The number of amides is 2. The van der Waals surface area contributed by atoms with Crippen molar-refractivity contribution in [1.82, 2.24) is 10.2 Å². The van der Waals surface area contributed by atoms with Crippen LogP contribution in [-0.2, 0) is 21.2 Å². The lowest BCUT2D eigenvalue weighted by Gasteiger charge is -2.27. The van der Waals surface area contributed by atoms with E-state index in [2.05, 4.69) is 10.0 Å². The summed E-state index contributed by atoms with van der Waals surface area (Å²) < 4.78 is 39.7. The van der Waals surface area contributed by atoms with E-state index in [9.17, 15) is 18.0 Å². The Kier molecular flexibility index (Phi) is 8.42. The molecule has 0 bridgehead atoms. The van der Waals surface area contributed by atoms with Crippen molar-refractivity contribution in [3.63, 3.8) is 0 Å². The van der Waals surface area contributed by atoms with Crippen LogP contribution in [-0.4, -0.2) is 65.1 Å². The highest BCUT2D eigenvalue weighted by molar-refractivity contribution is 7.92. The molecular weight excluding hydrogens is 494 g/mol. The van der Waals surface area contributed by atoms with E-state index in [4.69, 9.17) is 9.47 Å². The maximum absolute atomic E-state index is 13.3. The molecule has 0 saturated carbocycles. The van der Waals surface area contributed by atoms with Crippen molar-refractivity contribution in [2.75, 3.05) is 44.7 Å². The molecule has 1 heterocycles. The predicted molar refractivity (Wildman–Crippen MR) is 139 cm³/mol. The summed E-state index contributed by atoms with van der Waals surface area (Å²) in [4.78, 5) is 27.4. The Bertz CT molecular complexity index is 1360. The van der Waals surface area contributed by atoms with Crippen LogP contribution in [0.3, 0.4) is 0 Å². The lowest BCUT2D eigenvalue weighted by Crippen LogP contribution is -2.40. The van der Waals surface area contributed by atoms with Crippen LogP contribution in [0, 0.1) is 0 Å². The van der Waals surface area contributed by atoms with Crippen LogP contribution in [0.15, 0.2) is 77.7 Å². The largest absolute Gasteiger partial charge is 0.496 e. The average molecular weight is 524 g/mol. The van der Waals surface area contributed by atoms with E-state index >= 15 is 0 Å². The molecule has 1 saturated heterocycles. The van der Waals surface area contributed by atoms with Gasteiger partial charge < -0.3 is 19.7 Å². The van der Waals surface area contributed by atoms with Gasteiger partial charge in [0.25, 0.3) is 21.8 Å². The second-order valence-corrected chi connectivity index (χ2v) is 10.1. The number of hydrogen-bond donors (Lipinski definition) is 2. The summed E-state index contributed by atoms with van der Waals surface area (Å²) in [5.74, 6) is -0.462. The summed E-state index contributed by atoms with van der Waals surface area (Å²) in [5.41, 5.74) is 1.55. The minimum Gasteiger partial charge on any atom is -0.496 e. The van der Waals surface area contributed by atoms with Gasteiger partial charge in [-0.15, -0.1) is 0 Å². The number of methoxy groups -OCH3 is 1. The zero-order chi connectivity index (χ0) is 26.3. The Hall–Kier alpha value is -3.89. The van der Waals surface area contributed by atoms with E-state index in [-0.39, 0.29) is 33.4 Å². The normalized spacial score (nSPS) is 13.6. The zero-order valence-electron chi connectivity index (χ0n) is 20.5. The molecule has 0 atom stereocenters. The minimum atomic E-state index is -4.13. The molecule has 9 nitrogen and oxygen atoms in total. The summed E-state index contributed by atoms with van der Waals surface area (Å²) in [7, 11) is -2.70. The van der Waals surface area contributed by atoms with Crippen LogP contribution in [0.1, 0.15) is 26.3 Å². The number of carbonyl (C=O) groups excluding carboxylic acids is 2. The molecule has 1 fully saturated rings. The Morgan fingerprint density at radius 1 is 0.946 bits per heavy atom. The molecule has 0 spiro atoms. The highest BCUT2D eigenvalue weighted by Gasteiger charge is 2.25. The van der Waals surface area contributed by atoms with Crippen molar-refractivity contribution in [1.29, 1.82) is 0 Å². The van der Waals surface area contributed by atoms with Gasteiger partial charge in [-0.05, 0) is 42.3 Å². The number of benzene rings is 3. The van der Waals surface area contributed by atoms with Crippen molar-refractivity contribution in [2.24, 2.45) is 0 Å². The van der Waals surface area contributed by atoms with Gasteiger partial charge in [-0.2, -0.15) is 0 Å². The smallest absolute Gasteiger partial charge is 0.261 e. The molecule has 0 radical (unpaired) electrons. The molecule has 37 heavy (non-hydrogen) atoms. The van der Waals surface area contributed by atoms with Crippen LogP contribution >= 0.6 is 0 Å². The number of rotatable bonds is 9. The van der Waals surface area contributed by atoms with Gasteiger partial charge in [0.2, 0.25) is 0 Å². The highest BCUT2D eigenvalue weighted by atomic mass is 32.2. The molecule has 2 amide bonds. The van der Waals surface area contributed by atoms with Gasteiger partial charge in [0, 0.05) is 19.6 Å². The van der Waals surface area contributed by atoms with Gasteiger partial charge in [0.05, 0.1) is 42.0 Å². The van der Waals surface area contributed by atoms with Gasteiger partial charge in [-0.25, -0.2) is 8.42 Å². The first-order valence-electron chi connectivity index (χ1n) is 11.9. The van der Waals surface area contributed by atoms with E-state index in [0.29, 0.717) is 39.3 Å². The molecule has 1 aliphatic rings. The molecule has 2 N–H and O–H groups in total. The molecule has 10 heteroatoms.